The van der Waals surface area contributed by atoms with Crippen molar-refractivity contribution < 1.29 is 0 Å². The lowest BCUT2D eigenvalue weighted by molar-refractivity contribution is 0.559. The third-order valence-electron chi connectivity index (χ3n) is 11.0. The summed E-state index contributed by atoms with van der Waals surface area (Å²) in [5, 5.41) is 3.33. The highest BCUT2D eigenvalue weighted by Crippen LogP contribution is 2.32. The summed E-state index contributed by atoms with van der Waals surface area (Å²) in [6.07, 6.45) is 27.8. The Morgan fingerprint density at radius 1 is 0.306 bits per heavy atom. The van der Waals surface area contributed by atoms with Gasteiger partial charge in [-0.2, -0.15) is 0 Å². The zero-order valence-corrected chi connectivity index (χ0v) is 32.4. The van der Waals surface area contributed by atoms with Crippen molar-refractivity contribution in [3.8, 4) is 22.3 Å². The molecule has 264 valence electrons. The molecule has 0 fully saturated rings. The van der Waals surface area contributed by atoms with Crippen LogP contribution in [0.1, 0.15) is 142 Å². The molecule has 0 aliphatic rings. The largest absolute Gasteiger partial charge is 0.119 e. The van der Waals surface area contributed by atoms with Gasteiger partial charge in [-0.1, -0.05) is 251 Å². The molecule has 4 rings (SSSR count). The van der Waals surface area contributed by atoms with Gasteiger partial charge in [0.15, 0.2) is 0 Å². The molecule has 0 radical (unpaired) electrons. The Morgan fingerprint density at radius 3 is 0.939 bits per heavy atom. The van der Waals surface area contributed by atoms with Gasteiger partial charge in [-0.3, -0.25) is 0 Å². The molecule has 0 spiro atoms. The van der Waals surface area contributed by atoms with Gasteiger partial charge in [0.2, 0.25) is 0 Å². The molecule has 0 atom stereocenters. The van der Waals surface area contributed by atoms with E-state index in [1.807, 2.05) is 0 Å². The Labute approximate surface area is 303 Å². The fraction of sp³-hybridized carbons (Fsp3) is 0.500. The summed E-state index contributed by atoms with van der Waals surface area (Å²) in [4.78, 5) is 0. The van der Waals surface area contributed by atoms with Crippen LogP contribution < -0.4 is 10.4 Å². The fourth-order valence-electron chi connectivity index (χ4n) is 8.18. The average Bonchev–Trinajstić information content (AvgIpc) is 3.16. The van der Waals surface area contributed by atoms with Crippen LogP contribution in [-0.4, -0.2) is 8.07 Å². The van der Waals surface area contributed by atoms with E-state index in [-0.39, 0.29) is 0 Å². The maximum Gasteiger partial charge on any atom is 0.119 e. The van der Waals surface area contributed by atoms with E-state index in [2.05, 4.69) is 123 Å². The molecule has 0 unspecified atom stereocenters. The second kappa shape index (κ2) is 23.5. The predicted molar refractivity (Wildman–Crippen MR) is 222 cm³/mol. The molecule has 0 aliphatic heterocycles. The molecule has 0 nitrogen and oxygen atoms in total. The first-order chi connectivity index (χ1) is 24.3. The maximum absolute atomic E-state index is 2.54. The average molecular weight is 673 g/mol. The predicted octanol–water partition coefficient (Wildman–Crippen LogP) is 14.4. The van der Waals surface area contributed by atoms with Crippen LogP contribution in [0.15, 0.2) is 109 Å². The first kappa shape index (κ1) is 38.9. The molecule has 0 aromatic heterocycles. The molecule has 1 heteroatoms. The molecule has 0 amide bonds. The van der Waals surface area contributed by atoms with Crippen molar-refractivity contribution in [2.45, 2.75) is 154 Å². The molecule has 0 heterocycles. The van der Waals surface area contributed by atoms with Gasteiger partial charge in [-0.05, 0) is 44.7 Å². The van der Waals surface area contributed by atoms with Gasteiger partial charge in [0.05, 0.1) is 0 Å². The van der Waals surface area contributed by atoms with Crippen molar-refractivity contribution in [3.63, 3.8) is 0 Å². The van der Waals surface area contributed by atoms with Gasteiger partial charge >= 0.3 is 0 Å². The van der Waals surface area contributed by atoms with Gasteiger partial charge < -0.3 is 0 Å². The van der Waals surface area contributed by atoms with E-state index in [0.29, 0.717) is 0 Å². The summed E-state index contributed by atoms with van der Waals surface area (Å²) >= 11 is 0. The van der Waals surface area contributed by atoms with Crippen LogP contribution in [0.25, 0.3) is 22.3 Å². The van der Waals surface area contributed by atoms with Gasteiger partial charge in [-0.25, -0.2) is 0 Å². The highest BCUT2D eigenvalue weighted by atomic mass is 28.3. The van der Waals surface area contributed by atoms with Crippen molar-refractivity contribution >= 4 is 18.4 Å². The Balaban J connectivity index is 1.62. The summed E-state index contributed by atoms with van der Waals surface area (Å²) in [6, 6.07) is 44.4. The van der Waals surface area contributed by atoms with Crippen LogP contribution in [0, 0.1) is 0 Å². The van der Waals surface area contributed by atoms with Crippen molar-refractivity contribution in [1.29, 1.82) is 0 Å². The summed E-state index contributed by atoms with van der Waals surface area (Å²) < 4.78 is 0. The normalized spacial score (nSPS) is 11.6. The van der Waals surface area contributed by atoms with Crippen LogP contribution in [0.5, 0.6) is 0 Å². The maximum atomic E-state index is 2.54. The molecular formula is C48H68Si. The highest BCUT2D eigenvalue weighted by Gasteiger charge is 2.39. The number of benzene rings is 4. The van der Waals surface area contributed by atoms with Crippen LogP contribution in [0.4, 0.5) is 0 Å². The molecule has 0 aliphatic carbocycles. The smallest absolute Gasteiger partial charge is 0.0654 e. The minimum Gasteiger partial charge on any atom is -0.0654 e. The van der Waals surface area contributed by atoms with Crippen LogP contribution >= 0.6 is 0 Å². The SMILES string of the molecule is CCCCCCCCCCCC[Si](CCCCCCCCCCCC)(c1ccccc1-c1ccccc1)c1ccccc1-c1ccccc1. The topological polar surface area (TPSA) is 0 Å². The standard InChI is InChI=1S/C48H68Si/c1-3-5-7-9-11-13-15-17-19-31-41-49(42-32-20-18-16-14-12-10-8-6-4-2,47-39-29-27-37-45(47)43-33-23-21-24-34-43)48-40-30-28-38-46(48)44-35-25-22-26-36-44/h21-30,33-40H,3-20,31-32,41-42H2,1-2H3. The third-order valence-corrected chi connectivity index (χ3v) is 16.3. The fourth-order valence-corrected chi connectivity index (χ4v) is 13.8. The van der Waals surface area contributed by atoms with Crippen molar-refractivity contribution in [3.05, 3.63) is 109 Å². The second-order valence-electron chi connectivity index (χ2n) is 14.8. The number of hydrogen-bond acceptors (Lipinski definition) is 0. The lowest BCUT2D eigenvalue weighted by atomic mass is 10.1. The third kappa shape index (κ3) is 12.7. The lowest BCUT2D eigenvalue weighted by Gasteiger charge is -2.37. The van der Waals surface area contributed by atoms with E-state index >= 15 is 0 Å². The molecule has 49 heavy (non-hydrogen) atoms. The zero-order valence-electron chi connectivity index (χ0n) is 31.4. The van der Waals surface area contributed by atoms with Gasteiger partial charge in [0.1, 0.15) is 8.07 Å². The molecule has 4 aromatic carbocycles. The molecule has 0 saturated carbocycles. The van der Waals surface area contributed by atoms with Gasteiger partial charge in [-0.15, -0.1) is 0 Å². The Kier molecular flexibility index (Phi) is 18.6. The Hall–Kier alpha value is -2.90. The van der Waals surface area contributed by atoms with Crippen molar-refractivity contribution in [2.24, 2.45) is 0 Å². The Morgan fingerprint density at radius 2 is 0.592 bits per heavy atom. The van der Waals surface area contributed by atoms with E-state index in [4.69, 9.17) is 0 Å². The highest BCUT2D eigenvalue weighted by molar-refractivity contribution is 7.03. The van der Waals surface area contributed by atoms with Crippen molar-refractivity contribution in [1.82, 2.24) is 0 Å². The first-order valence-electron chi connectivity index (χ1n) is 20.6. The molecule has 4 aromatic rings. The number of unbranched alkanes of at least 4 members (excludes halogenated alkanes) is 18. The molecular weight excluding hydrogens is 605 g/mol. The van der Waals surface area contributed by atoms with E-state index in [1.165, 1.54) is 163 Å². The van der Waals surface area contributed by atoms with E-state index in [0.717, 1.165) is 0 Å². The quantitative estimate of drug-likeness (QED) is 0.0460. The minimum absolute atomic E-state index is 1.34. The zero-order chi connectivity index (χ0) is 34.2. The molecule has 0 saturated heterocycles. The van der Waals surface area contributed by atoms with Crippen molar-refractivity contribution in [2.75, 3.05) is 0 Å². The number of rotatable bonds is 26. The molecule has 0 bridgehead atoms. The van der Waals surface area contributed by atoms with Crippen LogP contribution in [0.2, 0.25) is 12.1 Å². The lowest BCUT2D eigenvalue weighted by Crippen LogP contribution is -2.59. The van der Waals surface area contributed by atoms with Crippen LogP contribution in [0.3, 0.4) is 0 Å². The summed E-state index contributed by atoms with van der Waals surface area (Å²) in [5.74, 6) is 0. The second-order valence-corrected chi connectivity index (χ2v) is 19.0. The summed E-state index contributed by atoms with van der Waals surface area (Å²) in [5.41, 5.74) is 5.69. The van der Waals surface area contributed by atoms with Gasteiger partial charge in [0.25, 0.3) is 0 Å². The number of hydrogen-bond donors (Lipinski definition) is 0. The summed E-state index contributed by atoms with van der Waals surface area (Å²) in [6.45, 7) is 4.63. The van der Waals surface area contributed by atoms with Crippen LogP contribution in [-0.2, 0) is 0 Å². The Bertz CT molecular complexity index is 1280. The minimum atomic E-state index is -2.18. The monoisotopic (exact) mass is 673 g/mol. The molecule has 0 N–H and O–H groups in total. The summed E-state index contributed by atoms with van der Waals surface area (Å²) in [7, 11) is -2.18. The van der Waals surface area contributed by atoms with E-state index < -0.39 is 8.07 Å². The van der Waals surface area contributed by atoms with E-state index in [1.54, 1.807) is 10.4 Å². The first-order valence-corrected chi connectivity index (χ1v) is 23.0. The van der Waals surface area contributed by atoms with E-state index in [9.17, 15) is 0 Å². The van der Waals surface area contributed by atoms with Gasteiger partial charge in [0, 0.05) is 0 Å².